The van der Waals surface area contributed by atoms with Gasteiger partial charge in [-0.1, -0.05) is 13.8 Å². The summed E-state index contributed by atoms with van der Waals surface area (Å²) in [6.45, 7) is -19.9. The van der Waals surface area contributed by atoms with Crippen molar-refractivity contribution in [1.29, 1.82) is 0 Å². The van der Waals surface area contributed by atoms with Crippen LogP contribution in [0.15, 0.2) is 34.5 Å². The van der Waals surface area contributed by atoms with Crippen molar-refractivity contribution >= 4 is 136 Å². The monoisotopic (exact) mass is 2000 g/mol. The van der Waals surface area contributed by atoms with E-state index in [9.17, 15) is 54.3 Å². The van der Waals surface area contributed by atoms with Crippen molar-refractivity contribution in [2.45, 2.75) is 244 Å². The van der Waals surface area contributed by atoms with E-state index in [0.29, 0.717) is 32.7 Å². The first kappa shape index (κ1) is 101. The Morgan fingerprint density at radius 2 is 1.01 bits per heavy atom. The average Bonchev–Trinajstić information content (AvgIpc) is 1.63. The molecule has 14 heterocycles. The topological polar surface area (TPSA) is 696 Å². The highest BCUT2D eigenvalue weighted by Crippen LogP contribution is 2.56. The van der Waals surface area contributed by atoms with Crippen LogP contribution in [0.2, 0.25) is 0 Å². The average molecular weight is 2000 g/mol. The minimum atomic E-state index is -4.18. The Bertz CT molecular complexity index is 4100. The second kappa shape index (κ2) is 43.2. The van der Waals surface area contributed by atoms with Gasteiger partial charge >= 0.3 is 40.3 Å². The van der Waals surface area contributed by atoms with Crippen LogP contribution < -0.4 is 87.6 Å². The van der Waals surface area contributed by atoms with Gasteiger partial charge in [0.25, 0.3) is 0 Å². The number of ether oxygens (including phenoxy) is 6. The molecule has 21 unspecified atom stereocenters. The fourth-order valence-electron chi connectivity index (χ4n) is 16.4. The summed E-state index contributed by atoms with van der Waals surface area (Å²) in [7, 11) is 2.39. The van der Waals surface area contributed by atoms with Gasteiger partial charge in [-0.15, -0.1) is 0 Å². The van der Waals surface area contributed by atoms with Gasteiger partial charge in [0, 0.05) is 96.4 Å². The summed E-state index contributed by atoms with van der Waals surface area (Å²) >= 11 is 31.9. The molecule has 124 heavy (non-hydrogen) atoms. The Kier molecular flexibility index (Phi) is 35.1. The molecule has 63 heteroatoms. The first-order chi connectivity index (χ1) is 58.5. The maximum atomic E-state index is 12.3. The molecule has 0 aromatic heterocycles. The molecule has 0 aromatic carbocycles. The van der Waals surface area contributed by atoms with Gasteiger partial charge in [0.15, 0.2) is 12.7 Å². The number of nitrogens with two attached hydrogens (primary N) is 6. The largest absolute Gasteiger partial charge is 0.372 e. The molecule has 39 atom stereocenters. The second-order valence-electron chi connectivity index (χ2n) is 31.5. The molecular weight excluding hydrogens is 1880 g/mol. The molecule has 0 bridgehead atoms. The molecule has 0 saturated carbocycles. The summed E-state index contributed by atoms with van der Waals surface area (Å²) < 4.78 is 106. The molecule has 14 aliphatic heterocycles. The Morgan fingerprint density at radius 1 is 0.524 bits per heavy atom. The number of nitrogens with one attached hydrogen (secondary N) is 10. The smallest absolute Gasteiger partial charge is 0.324 e. The molecule has 31 N–H and O–H groups in total. The van der Waals surface area contributed by atoms with Gasteiger partial charge in [-0.3, -0.25) is 67.8 Å². The van der Waals surface area contributed by atoms with Crippen molar-refractivity contribution in [2.75, 3.05) is 73.7 Å². The zero-order chi connectivity index (χ0) is 89.3. The molecule has 0 aromatic rings. The lowest BCUT2D eigenvalue weighted by atomic mass is 9.87. The molecule has 2 amide bonds. The van der Waals surface area contributed by atoms with Crippen molar-refractivity contribution in [3.05, 3.63) is 24.6 Å². The van der Waals surface area contributed by atoms with Gasteiger partial charge in [-0.05, 0) is 108 Å². The van der Waals surface area contributed by atoms with Gasteiger partial charge in [0.1, 0.15) is 80.1 Å². The number of hydrogen-bond acceptors (Lipinski definition) is 49. The fraction of sp³-hybridized carbons (Fsp3) is 0.869. The highest BCUT2D eigenvalue weighted by molar-refractivity contribution is 8.08. The molecule has 0 spiro atoms. The molecule has 708 valence electrons. The van der Waals surface area contributed by atoms with Crippen LogP contribution in [0.5, 0.6) is 0 Å². The van der Waals surface area contributed by atoms with Crippen LogP contribution in [0.3, 0.4) is 0 Å². The highest BCUT2D eigenvalue weighted by atomic mass is 32.5. The van der Waals surface area contributed by atoms with E-state index in [1.165, 1.54) is 36.3 Å². The second-order valence-corrected chi connectivity index (χ2v) is 48.6. The number of carbonyl (C=O) groups is 2. The van der Waals surface area contributed by atoms with Crippen LogP contribution >= 0.6 is 40.3 Å². The maximum absolute atomic E-state index is 12.3. The van der Waals surface area contributed by atoms with Crippen LogP contribution in [0.4, 0.5) is 0 Å². The summed E-state index contributed by atoms with van der Waals surface area (Å²) in [5, 5.41) is 61.3. The lowest BCUT2D eigenvalue weighted by Crippen LogP contribution is -2.74. The Morgan fingerprint density at radius 3 is 1.57 bits per heavy atom. The number of aliphatic hydroxyl groups is 3. The van der Waals surface area contributed by atoms with Gasteiger partial charge in [-0.25, -0.2) is 4.90 Å². The van der Waals surface area contributed by atoms with E-state index in [0.717, 1.165) is 6.42 Å². The van der Waals surface area contributed by atoms with Crippen LogP contribution in [-0.2, 0) is 163 Å². The van der Waals surface area contributed by atoms with Gasteiger partial charge in [-0.2, -0.15) is 0 Å². The third-order valence-electron chi connectivity index (χ3n) is 23.0. The molecule has 10 saturated heterocycles. The number of fused-ring (bicyclic) bond motifs is 2. The Balaban J connectivity index is 0.000000213. The SMILES string of the molecule is COP(O)(=S)OC[C@H]1O[C@@H](N2C=CC(N)NC2O)C[C@H]1OP(O)(=S)OC[C@H]1O[C@@H](N2C=NC3C(N)NCNC32)C[C@H]1OP(O)(=S)OC[C@H]1O[C@@H](C2C=NC3C(N)NCNC32)C[C@H]1C.COP(O)(=S)OC[C@H]1O[C@@H](NC2NC(N)NC(=O)C2N)C[C@H]1OP(O)(=S)OC[C@H]1O[C@@H](N2CCC(N)NC2O)C[C@H]1OP(O)(=S)OC[C@H]1O[C@@H](N2C=CC(=O)NC2O)C[C@H]1C. The number of nitrogens with zero attached hydrogens (tertiary/aromatic N) is 6. The number of carbonyl (C=O) groups excluding carboxylic acids is 2. The summed E-state index contributed by atoms with van der Waals surface area (Å²) in [4.78, 5) is 106. The first-order valence-corrected chi connectivity index (χ1v) is 55.3. The number of aliphatic imine (C=N–C) groups is 2. The highest BCUT2D eigenvalue weighted by Gasteiger charge is 2.54. The van der Waals surface area contributed by atoms with E-state index in [-0.39, 0.29) is 119 Å². The molecule has 0 aliphatic carbocycles. The van der Waals surface area contributed by atoms with Crippen LogP contribution in [0.1, 0.15) is 58.8 Å². The number of hydrogen-bond donors (Lipinski definition) is 25. The van der Waals surface area contributed by atoms with Crippen molar-refractivity contribution < 1.29 is 137 Å². The molecule has 14 rings (SSSR count). The predicted molar refractivity (Wildman–Crippen MR) is 458 cm³/mol. The Hall–Kier alpha value is -0.620. The number of rotatable bonds is 35. The van der Waals surface area contributed by atoms with E-state index in [4.69, 9.17) is 188 Å². The number of amides is 2. The maximum Gasteiger partial charge on any atom is 0.324 e. The molecule has 51 nitrogen and oxygen atoms in total. The normalized spacial score (nSPS) is 43.4. The van der Waals surface area contributed by atoms with Crippen LogP contribution in [0, 0.1) is 17.8 Å². The summed E-state index contributed by atoms with van der Waals surface area (Å²) in [6, 6.07) is -1.41. The molecular formula is C61H114N22O29P6S6. The third kappa shape index (κ3) is 26.3. The lowest BCUT2D eigenvalue weighted by Gasteiger charge is -2.39. The van der Waals surface area contributed by atoms with Crippen molar-refractivity contribution in [3.63, 3.8) is 0 Å². The van der Waals surface area contributed by atoms with E-state index >= 15 is 0 Å². The predicted octanol–water partition coefficient (Wildman–Crippen LogP) is -8.18. The fourth-order valence-corrected chi connectivity index (χ4v) is 23.6. The first-order valence-electron chi connectivity index (χ1n) is 39.8. The molecule has 10 fully saturated rings. The molecule has 14 aliphatic rings. The van der Waals surface area contributed by atoms with E-state index in [1.54, 1.807) is 23.5 Å². The lowest BCUT2D eigenvalue weighted by molar-refractivity contribution is -0.159. The van der Waals surface area contributed by atoms with Gasteiger partial charge in [0.2, 0.25) is 18.2 Å². The van der Waals surface area contributed by atoms with Crippen molar-refractivity contribution in [2.24, 2.45) is 62.1 Å². The summed E-state index contributed by atoms with van der Waals surface area (Å²) in [5.41, 5.74) is 36.3. The minimum absolute atomic E-state index is 0.00977. The zero-order valence-electron chi connectivity index (χ0n) is 67.3. The number of aliphatic hydroxyl groups excluding tert-OH is 3. The van der Waals surface area contributed by atoms with Crippen LogP contribution in [0.25, 0.3) is 0 Å². The zero-order valence-corrected chi connectivity index (χ0v) is 77.6. The molecule has 0 radical (unpaired) electrons. The standard InChI is InChI=1S/C32H59N12O13P3S3.C29H55N10O16P3S3/c1-15-5-17(16-8-36-27-26(16)37-12-38-29(27)34)53-20(15)9-51-59(47,62)57-19-7-25(44-14-41-28-30(35)39-13-40-31(28)44)55-22(19)11-52-60(48,63)56-18-6-24(43-4-3-23(33)42-32(43)45)54-21(18)10-50-58(46,61)49-2;1-13-7-22(39-6-4-20(40)34-29(39)43)52-16(13)10-49-57(45,60)55-15-9-23(38-5-3-19(30)33-28(38)42)53-18(15)12-50-58(46,61)54-14-8-21(51-17(14)11-48-56(44,59)47-2)35-25-24(31)26(41)37-27(32)36-25/h3-4,8,14-32,37-40,42,45H,5-7,9-13,33-35H2,1-2H3,(H,46,61)(H,47,62)(H,48,63);4,6,13-19,21-25,27-29,33,35-36,42-43H,3,5,7-12,30-32H2,1-2H3,(H,34,40)(H,37,41)(H,44,59)(H,45,60)(H,46,61)/t15-,16?,17-,18-,19-,20-,21-,22-,23?,24-,25-,26?,27?,28?,29?,30?,31?,32?,58?,59?,60?;13-,14-,15-,16-,17-,18-,19?,21-,22-,23-,24?,25?,27?,28?,29?,56?,57?,58?/m11/s1. The van der Waals surface area contributed by atoms with E-state index in [1.807, 2.05) is 18.0 Å². The van der Waals surface area contributed by atoms with E-state index in [2.05, 4.69) is 70.1 Å². The van der Waals surface area contributed by atoms with Crippen molar-refractivity contribution in [1.82, 2.24) is 72.8 Å². The summed E-state index contributed by atoms with van der Waals surface area (Å²) in [6.07, 6.45) is -8.71. The Labute approximate surface area is 744 Å². The van der Waals surface area contributed by atoms with Crippen LogP contribution in [-0.4, -0.2) is 347 Å². The third-order valence-corrected chi connectivity index (χ3v) is 32.8. The van der Waals surface area contributed by atoms with Gasteiger partial charge < -0.3 is 181 Å². The van der Waals surface area contributed by atoms with E-state index < -0.39 is 201 Å². The summed E-state index contributed by atoms with van der Waals surface area (Å²) in [5.74, 6) is -0.967. The minimum Gasteiger partial charge on any atom is -0.372 e. The van der Waals surface area contributed by atoms with Crippen molar-refractivity contribution in [3.8, 4) is 0 Å². The van der Waals surface area contributed by atoms with Gasteiger partial charge in [0.05, 0.1) is 126 Å². The quantitative estimate of drug-likeness (QED) is 0.0262.